The first-order valence-corrected chi connectivity index (χ1v) is 10.5. The number of hydrogen-bond donors (Lipinski definition) is 1. The third kappa shape index (κ3) is 4.61. The third-order valence-electron chi connectivity index (χ3n) is 5.77. The smallest absolute Gasteiger partial charge is 0.336 e. The lowest BCUT2D eigenvalue weighted by molar-refractivity contribution is -0.132. The van der Waals surface area contributed by atoms with Crippen molar-refractivity contribution < 1.29 is 19.1 Å². The van der Waals surface area contributed by atoms with E-state index in [1.54, 1.807) is 23.4 Å². The van der Waals surface area contributed by atoms with Crippen molar-refractivity contribution in [1.29, 1.82) is 0 Å². The molecule has 7 nitrogen and oxygen atoms in total. The average molecular weight is 422 g/mol. The molecule has 1 saturated heterocycles. The number of likely N-dealkylation sites (tertiary alicyclic amines) is 1. The van der Waals surface area contributed by atoms with E-state index in [-0.39, 0.29) is 18.4 Å². The van der Waals surface area contributed by atoms with Gasteiger partial charge in [-0.1, -0.05) is 6.92 Å². The van der Waals surface area contributed by atoms with Gasteiger partial charge in [-0.15, -0.1) is 0 Å². The predicted octanol–water partition coefficient (Wildman–Crippen LogP) is 2.50. The first-order chi connectivity index (χ1) is 14.9. The van der Waals surface area contributed by atoms with Gasteiger partial charge in [0.2, 0.25) is 0 Å². The molecule has 0 bridgehead atoms. The number of carbonyl (C=O) groups is 1. The van der Waals surface area contributed by atoms with Crippen LogP contribution in [0.3, 0.4) is 0 Å². The highest BCUT2D eigenvalue weighted by atomic mass is 16.5. The monoisotopic (exact) mass is 422 g/mol. The van der Waals surface area contributed by atoms with Crippen LogP contribution in [0.15, 0.2) is 51.9 Å². The van der Waals surface area contributed by atoms with Crippen molar-refractivity contribution in [1.82, 2.24) is 9.88 Å². The number of nitrogens with zero attached hydrogens (tertiary/aromatic N) is 2. The van der Waals surface area contributed by atoms with Gasteiger partial charge in [0, 0.05) is 37.5 Å². The van der Waals surface area contributed by atoms with Gasteiger partial charge >= 0.3 is 5.63 Å². The van der Waals surface area contributed by atoms with Gasteiger partial charge in [0.15, 0.2) is 6.61 Å². The molecular formula is C24H26N2O5. The molecule has 1 aliphatic rings. The lowest BCUT2D eigenvalue weighted by Crippen LogP contribution is -2.33. The molecule has 0 spiro atoms. The standard InChI is InChI=1S/C24H26N2O5/c1-3-17-11-23(29)31-21-9-15(2)8-20(24(17)21)30-14-22(28)26-12-18(19(27)13-26)10-16-4-6-25-7-5-16/h4-9,11,18-19,27H,3,10,12-14H2,1-2H3/t18-,19+/m1/s1. The summed E-state index contributed by atoms with van der Waals surface area (Å²) < 4.78 is 11.3. The Morgan fingerprint density at radius 3 is 2.77 bits per heavy atom. The van der Waals surface area contributed by atoms with Crippen LogP contribution in [0.1, 0.15) is 23.6 Å². The van der Waals surface area contributed by atoms with E-state index < -0.39 is 11.7 Å². The van der Waals surface area contributed by atoms with E-state index in [2.05, 4.69) is 4.98 Å². The molecule has 1 aliphatic heterocycles. The number of β-amino-alcohol motifs (C(OH)–C–C–N with tert-alkyl or cyclic N) is 1. The zero-order chi connectivity index (χ0) is 22.0. The number of rotatable bonds is 6. The second-order valence-electron chi connectivity index (χ2n) is 8.05. The number of benzene rings is 1. The molecule has 1 amide bonds. The number of fused-ring (bicyclic) bond motifs is 1. The summed E-state index contributed by atoms with van der Waals surface area (Å²) in [7, 11) is 0. The second-order valence-corrected chi connectivity index (χ2v) is 8.05. The molecule has 162 valence electrons. The van der Waals surface area contributed by atoms with Crippen molar-refractivity contribution in [3.8, 4) is 5.75 Å². The minimum Gasteiger partial charge on any atom is -0.483 e. The molecule has 0 radical (unpaired) electrons. The first kappa shape index (κ1) is 21.1. The van der Waals surface area contributed by atoms with Crippen LogP contribution >= 0.6 is 0 Å². The van der Waals surface area contributed by atoms with Crippen LogP contribution < -0.4 is 10.4 Å². The first-order valence-electron chi connectivity index (χ1n) is 10.5. The number of amides is 1. The number of aliphatic hydroxyl groups is 1. The van der Waals surface area contributed by atoms with E-state index in [4.69, 9.17) is 9.15 Å². The number of aliphatic hydroxyl groups excluding tert-OH is 1. The van der Waals surface area contributed by atoms with Crippen molar-refractivity contribution in [3.05, 3.63) is 69.8 Å². The van der Waals surface area contributed by atoms with E-state index in [1.807, 2.05) is 32.0 Å². The van der Waals surface area contributed by atoms with Gasteiger partial charge in [0.25, 0.3) is 5.91 Å². The molecule has 2 aromatic heterocycles. The van der Waals surface area contributed by atoms with Crippen LogP contribution in [-0.2, 0) is 17.6 Å². The fraction of sp³-hybridized carbons (Fsp3) is 0.375. The number of ether oxygens (including phenoxy) is 1. The van der Waals surface area contributed by atoms with Crippen molar-refractivity contribution in [2.45, 2.75) is 32.8 Å². The summed E-state index contributed by atoms with van der Waals surface area (Å²) in [6, 6.07) is 8.96. The molecule has 3 aromatic rings. The van der Waals surface area contributed by atoms with Gasteiger partial charge in [-0.05, 0) is 60.7 Å². The topological polar surface area (TPSA) is 92.9 Å². The summed E-state index contributed by atoms with van der Waals surface area (Å²) >= 11 is 0. The molecule has 2 atom stereocenters. The normalized spacial score (nSPS) is 18.5. The number of aromatic nitrogens is 1. The maximum Gasteiger partial charge on any atom is 0.336 e. The molecule has 1 fully saturated rings. The number of carbonyl (C=O) groups excluding carboxylic acids is 1. The van der Waals surface area contributed by atoms with E-state index in [0.717, 1.165) is 22.1 Å². The summed E-state index contributed by atoms with van der Waals surface area (Å²) in [6.07, 6.45) is 4.22. The Balaban J connectivity index is 1.47. The zero-order valence-corrected chi connectivity index (χ0v) is 17.7. The van der Waals surface area contributed by atoms with E-state index in [9.17, 15) is 14.7 Å². The van der Waals surface area contributed by atoms with Crippen molar-refractivity contribution >= 4 is 16.9 Å². The lowest BCUT2D eigenvalue weighted by Gasteiger charge is -2.18. The minimum absolute atomic E-state index is 0.0212. The average Bonchev–Trinajstić information content (AvgIpc) is 3.11. The van der Waals surface area contributed by atoms with Gasteiger partial charge in [0.05, 0.1) is 11.5 Å². The summed E-state index contributed by atoms with van der Waals surface area (Å²) in [4.78, 5) is 30.3. The van der Waals surface area contributed by atoms with Crippen LogP contribution in [0, 0.1) is 12.8 Å². The van der Waals surface area contributed by atoms with Crippen LogP contribution in [0.25, 0.3) is 11.0 Å². The van der Waals surface area contributed by atoms with Gasteiger partial charge in [-0.3, -0.25) is 9.78 Å². The number of hydrogen-bond acceptors (Lipinski definition) is 6. The van der Waals surface area contributed by atoms with Crippen molar-refractivity contribution in [3.63, 3.8) is 0 Å². The highest BCUT2D eigenvalue weighted by molar-refractivity contribution is 5.88. The predicted molar refractivity (Wildman–Crippen MR) is 116 cm³/mol. The summed E-state index contributed by atoms with van der Waals surface area (Å²) in [5, 5.41) is 11.2. The molecule has 1 N–H and O–H groups in total. The van der Waals surface area contributed by atoms with Gasteiger partial charge < -0.3 is 19.2 Å². The lowest BCUT2D eigenvalue weighted by atomic mass is 9.97. The Bertz CT molecular complexity index is 1140. The van der Waals surface area contributed by atoms with Crippen LogP contribution in [0.5, 0.6) is 5.75 Å². The Morgan fingerprint density at radius 2 is 2.03 bits per heavy atom. The van der Waals surface area contributed by atoms with Gasteiger partial charge in [-0.2, -0.15) is 0 Å². The molecule has 4 rings (SSSR count). The second kappa shape index (κ2) is 8.89. The van der Waals surface area contributed by atoms with E-state index >= 15 is 0 Å². The maximum absolute atomic E-state index is 12.8. The fourth-order valence-electron chi connectivity index (χ4n) is 4.17. The summed E-state index contributed by atoms with van der Waals surface area (Å²) in [5.74, 6) is 0.325. The van der Waals surface area contributed by atoms with Crippen molar-refractivity contribution in [2.75, 3.05) is 19.7 Å². The van der Waals surface area contributed by atoms with Crippen molar-refractivity contribution in [2.24, 2.45) is 5.92 Å². The van der Waals surface area contributed by atoms with Crippen LogP contribution in [-0.4, -0.2) is 46.7 Å². The Labute approximate surface area is 180 Å². The molecule has 0 unspecified atom stereocenters. The molecule has 7 heteroatoms. The number of pyridine rings is 1. The van der Waals surface area contributed by atoms with Gasteiger partial charge in [-0.25, -0.2) is 4.79 Å². The van der Waals surface area contributed by atoms with Crippen LogP contribution in [0.4, 0.5) is 0 Å². The van der Waals surface area contributed by atoms with Crippen LogP contribution in [0.2, 0.25) is 0 Å². The molecule has 3 heterocycles. The minimum atomic E-state index is -0.571. The van der Waals surface area contributed by atoms with E-state index in [0.29, 0.717) is 37.3 Å². The highest BCUT2D eigenvalue weighted by Gasteiger charge is 2.34. The third-order valence-corrected chi connectivity index (χ3v) is 5.77. The molecule has 0 saturated carbocycles. The largest absolute Gasteiger partial charge is 0.483 e. The maximum atomic E-state index is 12.8. The molecule has 0 aliphatic carbocycles. The Kier molecular flexibility index (Phi) is 6.04. The quantitative estimate of drug-likeness (QED) is 0.614. The Hall–Kier alpha value is -3.19. The Morgan fingerprint density at radius 1 is 1.26 bits per heavy atom. The SMILES string of the molecule is CCc1cc(=O)oc2cc(C)cc(OCC(=O)N3C[C@@H](Cc4ccncc4)[C@@H](O)C3)c12. The number of aryl methyl sites for hydroxylation is 2. The fourth-order valence-corrected chi connectivity index (χ4v) is 4.17. The molecule has 31 heavy (non-hydrogen) atoms. The highest BCUT2D eigenvalue weighted by Crippen LogP contribution is 2.30. The molecule has 1 aromatic carbocycles. The zero-order valence-electron chi connectivity index (χ0n) is 17.7. The summed E-state index contributed by atoms with van der Waals surface area (Å²) in [6.45, 7) is 4.47. The molecular weight excluding hydrogens is 396 g/mol. The summed E-state index contributed by atoms with van der Waals surface area (Å²) in [5.41, 5.74) is 2.84. The van der Waals surface area contributed by atoms with Gasteiger partial charge in [0.1, 0.15) is 11.3 Å². The van der Waals surface area contributed by atoms with E-state index in [1.165, 1.54) is 6.07 Å².